The van der Waals surface area contributed by atoms with Crippen molar-refractivity contribution in [2.24, 2.45) is 5.92 Å². The molecule has 0 spiro atoms. The van der Waals surface area contributed by atoms with Crippen molar-refractivity contribution in [2.75, 3.05) is 25.0 Å². The van der Waals surface area contributed by atoms with Gasteiger partial charge < -0.3 is 10.6 Å². The van der Waals surface area contributed by atoms with Crippen molar-refractivity contribution in [3.63, 3.8) is 0 Å². The first kappa shape index (κ1) is 19.4. The van der Waals surface area contributed by atoms with Crippen molar-refractivity contribution in [2.45, 2.75) is 38.0 Å². The lowest BCUT2D eigenvalue weighted by atomic mass is 10.0. The molecule has 0 aromatic heterocycles. The maximum Gasteiger partial charge on any atom is 0.243 e. The standard InChI is InChI=1S/C17H25N3O4S/c1-13-4-3-11-20(12-13)25(23,24)16-7-5-15(6-8-16)19-17(22)9-10-18-14(2)21/h5-8,13H,3-4,9-12H2,1-2H3,(H,18,21)(H,19,22)/t13-/m1/s1. The summed E-state index contributed by atoms with van der Waals surface area (Å²) >= 11 is 0. The van der Waals surface area contributed by atoms with Crippen LogP contribution in [0.2, 0.25) is 0 Å². The highest BCUT2D eigenvalue weighted by Gasteiger charge is 2.28. The first-order chi connectivity index (χ1) is 11.8. The average molecular weight is 367 g/mol. The second kappa shape index (κ2) is 8.44. The molecule has 0 radical (unpaired) electrons. The van der Waals surface area contributed by atoms with Gasteiger partial charge in [0, 0.05) is 38.7 Å². The summed E-state index contributed by atoms with van der Waals surface area (Å²) in [4.78, 5) is 22.8. The fourth-order valence-corrected chi connectivity index (χ4v) is 4.40. The second-order valence-electron chi connectivity index (χ2n) is 6.42. The van der Waals surface area contributed by atoms with Crippen molar-refractivity contribution in [3.8, 4) is 0 Å². The first-order valence-electron chi connectivity index (χ1n) is 8.43. The largest absolute Gasteiger partial charge is 0.356 e. The van der Waals surface area contributed by atoms with Gasteiger partial charge in [-0.3, -0.25) is 9.59 Å². The van der Waals surface area contributed by atoms with E-state index in [4.69, 9.17) is 0 Å². The molecule has 1 aromatic rings. The number of nitrogens with one attached hydrogen (secondary N) is 2. The van der Waals surface area contributed by atoms with Crippen LogP contribution >= 0.6 is 0 Å². The van der Waals surface area contributed by atoms with E-state index < -0.39 is 10.0 Å². The van der Waals surface area contributed by atoms with Crippen LogP contribution < -0.4 is 10.6 Å². The number of benzene rings is 1. The number of piperidine rings is 1. The zero-order valence-corrected chi connectivity index (χ0v) is 15.4. The third-order valence-electron chi connectivity index (χ3n) is 4.12. The zero-order valence-electron chi connectivity index (χ0n) is 14.6. The molecule has 1 saturated heterocycles. The second-order valence-corrected chi connectivity index (χ2v) is 8.35. The lowest BCUT2D eigenvalue weighted by Crippen LogP contribution is -2.39. The number of nitrogens with zero attached hydrogens (tertiary/aromatic N) is 1. The van der Waals surface area contributed by atoms with Crippen molar-refractivity contribution in [3.05, 3.63) is 24.3 Å². The van der Waals surface area contributed by atoms with E-state index in [9.17, 15) is 18.0 Å². The fraction of sp³-hybridized carbons (Fsp3) is 0.529. The smallest absolute Gasteiger partial charge is 0.243 e. The summed E-state index contributed by atoms with van der Waals surface area (Å²) in [6, 6.07) is 6.18. The Hall–Kier alpha value is -1.93. The van der Waals surface area contributed by atoms with Gasteiger partial charge in [0.15, 0.2) is 0 Å². The quantitative estimate of drug-likeness (QED) is 0.798. The monoisotopic (exact) mass is 367 g/mol. The maximum atomic E-state index is 12.7. The van der Waals surface area contributed by atoms with Gasteiger partial charge in [0.25, 0.3) is 0 Å². The number of sulfonamides is 1. The highest BCUT2D eigenvalue weighted by molar-refractivity contribution is 7.89. The molecule has 25 heavy (non-hydrogen) atoms. The Morgan fingerprint density at radius 3 is 2.52 bits per heavy atom. The van der Waals surface area contributed by atoms with Crippen LogP contribution in [0.5, 0.6) is 0 Å². The van der Waals surface area contributed by atoms with Gasteiger partial charge in [-0.1, -0.05) is 6.92 Å². The molecule has 0 bridgehead atoms. The Bertz CT molecular complexity index is 716. The minimum absolute atomic E-state index is 0.158. The predicted molar refractivity (Wildman–Crippen MR) is 95.5 cm³/mol. The van der Waals surface area contributed by atoms with Crippen molar-refractivity contribution in [1.29, 1.82) is 0 Å². The molecule has 7 nitrogen and oxygen atoms in total. The molecule has 0 aliphatic carbocycles. The Labute approximate surface area is 148 Å². The molecular weight excluding hydrogens is 342 g/mol. The topological polar surface area (TPSA) is 95.6 Å². The molecule has 2 amide bonds. The van der Waals surface area contributed by atoms with E-state index in [1.54, 1.807) is 12.1 Å². The Balaban J connectivity index is 1.97. The number of rotatable bonds is 6. The zero-order chi connectivity index (χ0) is 18.4. The number of carbonyl (C=O) groups is 2. The van der Waals surface area contributed by atoms with E-state index in [2.05, 4.69) is 17.6 Å². The maximum absolute atomic E-state index is 12.7. The lowest BCUT2D eigenvalue weighted by Gasteiger charge is -2.30. The third kappa shape index (κ3) is 5.54. The van der Waals surface area contributed by atoms with Crippen LogP contribution in [0.4, 0.5) is 5.69 Å². The highest BCUT2D eigenvalue weighted by Crippen LogP contribution is 2.24. The summed E-state index contributed by atoms with van der Waals surface area (Å²) in [6.07, 6.45) is 2.09. The Morgan fingerprint density at radius 1 is 1.24 bits per heavy atom. The molecule has 1 atom stereocenters. The van der Waals surface area contributed by atoms with Gasteiger partial charge in [-0.15, -0.1) is 0 Å². The normalized spacial score (nSPS) is 18.6. The highest BCUT2D eigenvalue weighted by atomic mass is 32.2. The van der Waals surface area contributed by atoms with E-state index in [1.807, 2.05) is 0 Å². The minimum atomic E-state index is -3.49. The molecule has 8 heteroatoms. The van der Waals surface area contributed by atoms with Crippen LogP contribution in [-0.4, -0.2) is 44.2 Å². The molecule has 1 aromatic carbocycles. The van der Waals surface area contributed by atoms with Crippen LogP contribution in [0.15, 0.2) is 29.2 Å². The summed E-state index contributed by atoms with van der Waals surface area (Å²) < 4.78 is 26.9. The summed E-state index contributed by atoms with van der Waals surface area (Å²) in [7, 11) is -3.49. The molecule has 1 aliphatic heterocycles. The molecule has 1 fully saturated rings. The van der Waals surface area contributed by atoms with Crippen molar-refractivity contribution < 1.29 is 18.0 Å². The van der Waals surface area contributed by atoms with Gasteiger partial charge in [-0.2, -0.15) is 4.31 Å². The number of carbonyl (C=O) groups excluding carboxylic acids is 2. The van der Waals surface area contributed by atoms with Crippen molar-refractivity contribution >= 4 is 27.5 Å². The van der Waals surface area contributed by atoms with Crippen LogP contribution in [0.3, 0.4) is 0 Å². The van der Waals surface area contributed by atoms with Crippen LogP contribution in [-0.2, 0) is 19.6 Å². The van der Waals surface area contributed by atoms with E-state index >= 15 is 0 Å². The fourth-order valence-electron chi connectivity index (χ4n) is 2.80. The van der Waals surface area contributed by atoms with Gasteiger partial charge in [-0.05, 0) is 43.0 Å². The lowest BCUT2D eigenvalue weighted by molar-refractivity contribution is -0.119. The molecule has 138 valence electrons. The number of anilines is 1. The number of hydrogen-bond acceptors (Lipinski definition) is 4. The van der Waals surface area contributed by atoms with Gasteiger partial charge in [0.1, 0.15) is 0 Å². The van der Waals surface area contributed by atoms with Gasteiger partial charge in [0.2, 0.25) is 21.8 Å². The van der Waals surface area contributed by atoms with Gasteiger partial charge >= 0.3 is 0 Å². The number of amides is 2. The molecule has 0 unspecified atom stereocenters. The van der Waals surface area contributed by atoms with E-state index in [0.29, 0.717) is 24.7 Å². The van der Waals surface area contributed by atoms with Crippen LogP contribution in [0.25, 0.3) is 0 Å². The molecule has 1 heterocycles. The first-order valence-corrected chi connectivity index (χ1v) is 9.87. The summed E-state index contributed by atoms with van der Waals surface area (Å²) in [5, 5.41) is 5.23. The summed E-state index contributed by atoms with van der Waals surface area (Å²) in [5.74, 6) is -0.0608. The predicted octanol–water partition coefficient (Wildman–Crippen LogP) is 1.57. The molecule has 2 rings (SSSR count). The SMILES string of the molecule is CC(=O)NCCC(=O)Nc1ccc(S(=O)(=O)N2CCC[C@@H](C)C2)cc1. The van der Waals surface area contributed by atoms with Gasteiger partial charge in [-0.25, -0.2) is 8.42 Å². The molecule has 0 saturated carbocycles. The van der Waals surface area contributed by atoms with E-state index in [1.165, 1.54) is 23.4 Å². The van der Waals surface area contributed by atoms with Crippen LogP contribution in [0, 0.1) is 5.92 Å². The molecule has 1 aliphatic rings. The van der Waals surface area contributed by atoms with Gasteiger partial charge in [0.05, 0.1) is 4.90 Å². The van der Waals surface area contributed by atoms with E-state index in [-0.39, 0.29) is 29.7 Å². The molecule has 2 N–H and O–H groups in total. The summed E-state index contributed by atoms with van der Waals surface area (Å²) in [6.45, 7) is 4.81. The third-order valence-corrected chi connectivity index (χ3v) is 6.00. The molecular formula is C17H25N3O4S. The minimum Gasteiger partial charge on any atom is -0.356 e. The van der Waals surface area contributed by atoms with Crippen molar-refractivity contribution in [1.82, 2.24) is 9.62 Å². The Kier molecular flexibility index (Phi) is 6.55. The number of hydrogen-bond donors (Lipinski definition) is 2. The Morgan fingerprint density at radius 2 is 1.92 bits per heavy atom. The van der Waals surface area contributed by atoms with E-state index in [0.717, 1.165) is 12.8 Å². The summed E-state index contributed by atoms with van der Waals surface area (Å²) in [5.41, 5.74) is 0.527. The van der Waals surface area contributed by atoms with Crippen LogP contribution in [0.1, 0.15) is 33.1 Å². The average Bonchev–Trinajstić information content (AvgIpc) is 2.55.